The molecule has 3 aromatic carbocycles. The van der Waals surface area contributed by atoms with Crippen molar-refractivity contribution in [1.29, 1.82) is 0 Å². The van der Waals surface area contributed by atoms with Gasteiger partial charge in [-0.25, -0.2) is 8.42 Å². The van der Waals surface area contributed by atoms with Gasteiger partial charge in [0.15, 0.2) is 0 Å². The summed E-state index contributed by atoms with van der Waals surface area (Å²) in [4.78, 5) is 28.3. The smallest absolute Gasteiger partial charge is 0.264 e. The maximum absolute atomic E-state index is 13.9. The standard InChI is InChI=1S/C30H35Cl2N3O5S/c1-5-17-33-30(37)22(4)34(19-23-9-16-27(31)28(32)18-23)29(36)20-35(24-10-7-21(3)8-11-24)41(38,39)26-14-12-25(13-15-26)40-6-2/h7-16,18,22H,5-6,17,19-20H2,1-4H3,(H,33,37)/t22-/m0/s1. The number of sulfonamides is 1. The highest BCUT2D eigenvalue weighted by Crippen LogP contribution is 2.27. The fourth-order valence-electron chi connectivity index (χ4n) is 4.05. The Morgan fingerprint density at radius 3 is 2.20 bits per heavy atom. The number of amides is 2. The summed E-state index contributed by atoms with van der Waals surface area (Å²) in [6.45, 7) is 7.62. The number of carbonyl (C=O) groups excluding carboxylic acids is 2. The summed E-state index contributed by atoms with van der Waals surface area (Å²) in [5, 5.41) is 3.47. The zero-order chi connectivity index (χ0) is 30.2. The molecule has 41 heavy (non-hydrogen) atoms. The van der Waals surface area contributed by atoms with Crippen LogP contribution in [0.4, 0.5) is 5.69 Å². The second kappa shape index (κ2) is 14.6. The number of aryl methyl sites for hydroxylation is 1. The van der Waals surface area contributed by atoms with Gasteiger partial charge in [0.05, 0.1) is 27.2 Å². The van der Waals surface area contributed by atoms with Gasteiger partial charge in [0, 0.05) is 13.1 Å². The number of anilines is 1. The normalized spacial score (nSPS) is 12.0. The lowest BCUT2D eigenvalue weighted by molar-refractivity contribution is -0.139. The van der Waals surface area contributed by atoms with E-state index < -0.39 is 28.5 Å². The van der Waals surface area contributed by atoms with Crippen molar-refractivity contribution < 1.29 is 22.7 Å². The van der Waals surface area contributed by atoms with Crippen molar-refractivity contribution in [3.63, 3.8) is 0 Å². The molecule has 0 aromatic heterocycles. The zero-order valence-corrected chi connectivity index (χ0v) is 25.9. The summed E-state index contributed by atoms with van der Waals surface area (Å²) in [6.07, 6.45) is 0.723. The first kappa shape index (κ1) is 32.2. The lowest BCUT2D eigenvalue weighted by atomic mass is 10.1. The second-order valence-electron chi connectivity index (χ2n) is 9.49. The number of carbonyl (C=O) groups is 2. The Bertz CT molecular complexity index is 1450. The lowest BCUT2D eigenvalue weighted by Gasteiger charge is -2.32. The third kappa shape index (κ3) is 8.38. The first-order chi connectivity index (χ1) is 19.5. The minimum Gasteiger partial charge on any atom is -0.494 e. The second-order valence-corrected chi connectivity index (χ2v) is 12.2. The highest BCUT2D eigenvalue weighted by atomic mass is 35.5. The number of benzene rings is 3. The molecule has 1 N–H and O–H groups in total. The van der Waals surface area contributed by atoms with Crippen LogP contribution in [0, 0.1) is 6.92 Å². The molecule has 0 fully saturated rings. The summed E-state index contributed by atoms with van der Waals surface area (Å²) in [5.41, 5.74) is 1.88. The molecule has 0 unspecified atom stereocenters. The Morgan fingerprint density at radius 1 is 0.951 bits per heavy atom. The molecule has 0 radical (unpaired) electrons. The Morgan fingerprint density at radius 2 is 1.61 bits per heavy atom. The molecule has 11 heteroatoms. The molecule has 2 amide bonds. The summed E-state index contributed by atoms with van der Waals surface area (Å²) in [7, 11) is -4.18. The molecule has 0 aliphatic heterocycles. The Balaban J connectivity index is 2.02. The van der Waals surface area contributed by atoms with Crippen LogP contribution in [0.1, 0.15) is 38.3 Å². The number of hydrogen-bond donors (Lipinski definition) is 1. The molecular weight excluding hydrogens is 585 g/mol. The molecule has 0 saturated heterocycles. The summed E-state index contributed by atoms with van der Waals surface area (Å²) in [5.74, 6) is -0.383. The van der Waals surface area contributed by atoms with Gasteiger partial charge in [0.2, 0.25) is 11.8 Å². The fourth-order valence-corrected chi connectivity index (χ4v) is 5.79. The predicted octanol–water partition coefficient (Wildman–Crippen LogP) is 5.84. The van der Waals surface area contributed by atoms with Gasteiger partial charge in [0.1, 0.15) is 18.3 Å². The van der Waals surface area contributed by atoms with Crippen LogP contribution in [0.2, 0.25) is 10.0 Å². The third-order valence-electron chi connectivity index (χ3n) is 6.38. The van der Waals surface area contributed by atoms with E-state index in [-0.39, 0.29) is 17.3 Å². The van der Waals surface area contributed by atoms with Crippen LogP contribution in [0.25, 0.3) is 0 Å². The van der Waals surface area contributed by atoms with Crippen LogP contribution in [0.5, 0.6) is 5.75 Å². The van der Waals surface area contributed by atoms with E-state index in [0.29, 0.717) is 40.2 Å². The van der Waals surface area contributed by atoms with Gasteiger partial charge in [-0.1, -0.05) is 53.9 Å². The van der Waals surface area contributed by atoms with E-state index in [2.05, 4.69) is 5.32 Å². The molecule has 3 aromatic rings. The Kier molecular flexibility index (Phi) is 11.5. The highest BCUT2D eigenvalue weighted by Gasteiger charge is 2.32. The van der Waals surface area contributed by atoms with E-state index in [4.69, 9.17) is 27.9 Å². The third-order valence-corrected chi connectivity index (χ3v) is 8.90. The number of halogens is 2. The minimum atomic E-state index is -4.18. The van der Waals surface area contributed by atoms with Gasteiger partial charge in [-0.3, -0.25) is 13.9 Å². The zero-order valence-electron chi connectivity index (χ0n) is 23.6. The molecule has 0 spiro atoms. The summed E-state index contributed by atoms with van der Waals surface area (Å²) >= 11 is 12.3. The van der Waals surface area contributed by atoms with Crippen LogP contribution in [-0.2, 0) is 26.2 Å². The van der Waals surface area contributed by atoms with Crippen LogP contribution in [-0.4, -0.2) is 50.9 Å². The van der Waals surface area contributed by atoms with Crippen molar-refractivity contribution in [2.75, 3.05) is 24.0 Å². The Labute approximate surface area is 252 Å². The number of rotatable bonds is 13. The summed E-state index contributed by atoms with van der Waals surface area (Å²) < 4.78 is 34.4. The van der Waals surface area contributed by atoms with E-state index in [1.807, 2.05) is 20.8 Å². The van der Waals surface area contributed by atoms with Crippen LogP contribution in [0.15, 0.2) is 71.6 Å². The van der Waals surface area contributed by atoms with E-state index >= 15 is 0 Å². The van der Waals surface area contributed by atoms with Crippen molar-refractivity contribution in [3.8, 4) is 5.75 Å². The first-order valence-electron chi connectivity index (χ1n) is 13.3. The Hall–Kier alpha value is -3.27. The van der Waals surface area contributed by atoms with E-state index in [0.717, 1.165) is 16.3 Å². The van der Waals surface area contributed by atoms with Gasteiger partial charge in [-0.15, -0.1) is 0 Å². The van der Waals surface area contributed by atoms with Crippen molar-refractivity contribution in [1.82, 2.24) is 10.2 Å². The largest absolute Gasteiger partial charge is 0.494 e. The van der Waals surface area contributed by atoms with Crippen LogP contribution < -0.4 is 14.4 Å². The van der Waals surface area contributed by atoms with Gasteiger partial charge in [-0.2, -0.15) is 0 Å². The summed E-state index contributed by atoms with van der Waals surface area (Å²) in [6, 6.07) is 16.9. The molecule has 220 valence electrons. The van der Waals surface area contributed by atoms with Crippen molar-refractivity contribution in [3.05, 3.63) is 87.9 Å². The number of nitrogens with one attached hydrogen (secondary N) is 1. The molecular formula is C30H35Cl2N3O5S. The highest BCUT2D eigenvalue weighted by molar-refractivity contribution is 7.92. The fraction of sp³-hybridized carbons (Fsp3) is 0.333. The quantitative estimate of drug-likeness (QED) is 0.259. The first-order valence-corrected chi connectivity index (χ1v) is 15.5. The predicted molar refractivity (Wildman–Crippen MR) is 163 cm³/mol. The van der Waals surface area contributed by atoms with Crippen molar-refractivity contribution >= 4 is 50.7 Å². The molecule has 0 aliphatic rings. The average Bonchev–Trinajstić information content (AvgIpc) is 2.95. The molecule has 3 rings (SSSR count). The average molecular weight is 621 g/mol. The van der Waals surface area contributed by atoms with Crippen LogP contribution >= 0.6 is 23.2 Å². The molecule has 8 nitrogen and oxygen atoms in total. The monoisotopic (exact) mass is 619 g/mol. The minimum absolute atomic E-state index is 0.000835. The maximum atomic E-state index is 13.9. The number of hydrogen-bond acceptors (Lipinski definition) is 5. The molecule has 1 atom stereocenters. The van der Waals surface area contributed by atoms with Gasteiger partial charge in [0.25, 0.3) is 10.0 Å². The molecule has 0 aliphatic carbocycles. The lowest BCUT2D eigenvalue weighted by Crippen LogP contribution is -2.51. The SMILES string of the molecule is CCCNC(=O)[C@H](C)N(Cc1ccc(Cl)c(Cl)c1)C(=O)CN(c1ccc(C)cc1)S(=O)(=O)c1ccc(OCC)cc1. The van der Waals surface area contributed by atoms with E-state index in [9.17, 15) is 18.0 Å². The molecule has 0 heterocycles. The number of nitrogens with zero attached hydrogens (tertiary/aromatic N) is 2. The van der Waals surface area contributed by atoms with Crippen molar-refractivity contribution in [2.24, 2.45) is 0 Å². The van der Waals surface area contributed by atoms with Gasteiger partial charge in [-0.05, 0) is 81.3 Å². The van der Waals surface area contributed by atoms with Gasteiger partial charge < -0.3 is 15.0 Å². The van der Waals surface area contributed by atoms with Crippen molar-refractivity contribution in [2.45, 2.75) is 51.6 Å². The van der Waals surface area contributed by atoms with E-state index in [1.54, 1.807) is 61.5 Å². The molecule has 0 bridgehead atoms. The number of ether oxygens (including phenoxy) is 1. The molecule has 0 saturated carbocycles. The van der Waals surface area contributed by atoms with E-state index in [1.165, 1.54) is 17.0 Å². The van der Waals surface area contributed by atoms with Crippen LogP contribution in [0.3, 0.4) is 0 Å². The topological polar surface area (TPSA) is 96.0 Å². The van der Waals surface area contributed by atoms with Gasteiger partial charge >= 0.3 is 0 Å². The maximum Gasteiger partial charge on any atom is 0.264 e.